The van der Waals surface area contributed by atoms with Gasteiger partial charge in [0, 0.05) is 6.92 Å². The van der Waals surface area contributed by atoms with Gasteiger partial charge in [-0.3, -0.25) is 10.5 Å². The van der Waals surface area contributed by atoms with Gasteiger partial charge in [-0.25, -0.2) is 13.2 Å². The smallest absolute Gasteiger partial charge is 0.304 e. The Kier molecular flexibility index (Phi) is 4.65. The Morgan fingerprint density at radius 1 is 1.58 bits per heavy atom. The van der Waals surface area contributed by atoms with E-state index in [1.807, 2.05) is 0 Å². The predicted octanol–water partition coefficient (Wildman–Crippen LogP) is 0.480. The predicted molar refractivity (Wildman–Crippen MR) is 35.5 cm³/mol. The maximum absolute atomic E-state index is 12.5. The van der Waals surface area contributed by atoms with E-state index >= 15 is 0 Å². The zero-order valence-corrected chi connectivity index (χ0v) is 6.47. The largest absolute Gasteiger partial charge is 0.444 e. The first-order chi connectivity index (χ1) is 5.49. The van der Waals surface area contributed by atoms with Crippen molar-refractivity contribution in [3.63, 3.8) is 0 Å². The van der Waals surface area contributed by atoms with Gasteiger partial charge in [-0.15, -0.1) is 0 Å². The van der Waals surface area contributed by atoms with Crippen LogP contribution in [0.3, 0.4) is 0 Å². The van der Waals surface area contributed by atoms with Crippen LogP contribution in [0.2, 0.25) is 0 Å². The summed E-state index contributed by atoms with van der Waals surface area (Å²) in [6, 6.07) is 0. The number of hydrogen-bond donors (Lipinski definition) is 1. The molecule has 0 aromatic carbocycles. The molecule has 0 aromatic heterocycles. The van der Waals surface area contributed by atoms with Crippen LogP contribution in [-0.2, 0) is 9.53 Å². The molecule has 0 spiro atoms. The Morgan fingerprint density at radius 2 is 2.08 bits per heavy atom. The summed E-state index contributed by atoms with van der Waals surface area (Å²) < 4.78 is 40.4. The third kappa shape index (κ3) is 3.56. The van der Waals surface area contributed by atoms with Gasteiger partial charge in [-0.05, 0) is 0 Å². The zero-order chi connectivity index (χ0) is 9.72. The van der Waals surface area contributed by atoms with Crippen LogP contribution in [0.5, 0.6) is 0 Å². The first-order valence-electron chi connectivity index (χ1n) is 3.26. The summed E-state index contributed by atoms with van der Waals surface area (Å²) in [5.74, 6) is -0.837. The second-order valence-corrected chi connectivity index (χ2v) is 2.19. The Bertz CT molecular complexity index is 156. The summed E-state index contributed by atoms with van der Waals surface area (Å²) in [5.41, 5.74) is 4.87. The maximum atomic E-state index is 12.5. The van der Waals surface area contributed by atoms with E-state index in [-0.39, 0.29) is 0 Å². The molecule has 3 unspecified atom stereocenters. The maximum Gasteiger partial charge on any atom is 0.304 e. The number of esters is 1. The lowest BCUT2D eigenvalue weighted by molar-refractivity contribution is -0.151. The van der Waals surface area contributed by atoms with Gasteiger partial charge in [0.05, 0.1) is 0 Å². The monoisotopic (exact) mass is 185 g/mol. The Hall–Kier alpha value is -0.780. The van der Waals surface area contributed by atoms with E-state index in [4.69, 9.17) is 5.73 Å². The van der Waals surface area contributed by atoms with Gasteiger partial charge in [0.1, 0.15) is 6.67 Å². The highest BCUT2D eigenvalue weighted by Gasteiger charge is 2.29. The number of hydrogen-bond acceptors (Lipinski definition) is 3. The summed E-state index contributed by atoms with van der Waals surface area (Å²) in [6.07, 6.45) is -6.41. The molecule has 72 valence electrons. The lowest BCUT2D eigenvalue weighted by Gasteiger charge is -2.17. The Balaban J connectivity index is 3.91. The van der Waals surface area contributed by atoms with Gasteiger partial charge in [0.2, 0.25) is 0 Å². The number of nitrogens with two attached hydrogens (primary N) is 1. The van der Waals surface area contributed by atoms with E-state index < -0.39 is 31.2 Å². The molecule has 0 aliphatic heterocycles. The number of carbonyl (C=O) groups excluding carboxylic acids is 1. The van der Waals surface area contributed by atoms with E-state index in [0.717, 1.165) is 6.92 Å². The summed E-state index contributed by atoms with van der Waals surface area (Å²) in [7, 11) is 0. The number of ether oxygens (including phenoxy) is 1. The highest BCUT2D eigenvalue weighted by Crippen LogP contribution is 2.09. The summed E-state index contributed by atoms with van der Waals surface area (Å²) in [6.45, 7) is -0.495. The van der Waals surface area contributed by atoms with Crippen LogP contribution in [0.4, 0.5) is 13.2 Å². The number of carbonyl (C=O) groups is 1. The van der Waals surface area contributed by atoms with Crippen LogP contribution < -0.4 is 5.73 Å². The van der Waals surface area contributed by atoms with Gasteiger partial charge in [0.15, 0.2) is 18.6 Å². The molecule has 0 bridgehead atoms. The highest BCUT2D eigenvalue weighted by molar-refractivity contribution is 5.66. The molecule has 3 atom stereocenters. The molecule has 0 heterocycles. The lowest BCUT2D eigenvalue weighted by Crippen LogP contribution is -2.42. The van der Waals surface area contributed by atoms with Crippen LogP contribution in [0.25, 0.3) is 0 Å². The topological polar surface area (TPSA) is 52.3 Å². The average molecular weight is 185 g/mol. The minimum atomic E-state index is -2.35. The molecule has 0 amide bonds. The normalized spacial score (nSPS) is 18.1. The van der Waals surface area contributed by atoms with Crippen LogP contribution in [-0.4, -0.2) is 31.2 Å². The Labute approximate surface area is 67.7 Å². The molecule has 12 heavy (non-hydrogen) atoms. The quantitative estimate of drug-likeness (QED) is 0.512. The standard InChI is InChI=1S/C6H10F3NO2/c1-3(11)12-6(10)5(9)4(8)2-7/h4-6H,2,10H2,1H3. The van der Waals surface area contributed by atoms with Crippen LogP contribution in [0.1, 0.15) is 6.92 Å². The minimum Gasteiger partial charge on any atom is -0.444 e. The molecule has 0 aromatic rings. The molecule has 6 heteroatoms. The highest BCUT2D eigenvalue weighted by atomic mass is 19.2. The summed E-state index contributed by atoms with van der Waals surface area (Å²) in [5, 5.41) is 0. The van der Waals surface area contributed by atoms with Crippen molar-refractivity contribution >= 4 is 5.97 Å². The molecular weight excluding hydrogens is 175 g/mol. The summed E-state index contributed by atoms with van der Waals surface area (Å²) in [4.78, 5) is 10.2. The fourth-order valence-electron chi connectivity index (χ4n) is 0.548. The lowest BCUT2D eigenvalue weighted by atomic mass is 10.2. The van der Waals surface area contributed by atoms with Gasteiger partial charge in [-0.1, -0.05) is 0 Å². The van der Waals surface area contributed by atoms with E-state index in [1.54, 1.807) is 0 Å². The average Bonchev–Trinajstić information content (AvgIpc) is 2.00. The number of halogens is 3. The van der Waals surface area contributed by atoms with Gasteiger partial charge < -0.3 is 4.74 Å². The third-order valence-electron chi connectivity index (χ3n) is 1.11. The Morgan fingerprint density at radius 3 is 2.42 bits per heavy atom. The minimum absolute atomic E-state index is 0.837. The first kappa shape index (κ1) is 11.2. The fourth-order valence-corrected chi connectivity index (χ4v) is 0.548. The molecule has 0 aliphatic rings. The molecule has 2 N–H and O–H groups in total. The zero-order valence-electron chi connectivity index (χ0n) is 6.47. The fraction of sp³-hybridized carbons (Fsp3) is 0.833. The van der Waals surface area contributed by atoms with Crippen LogP contribution in [0.15, 0.2) is 0 Å². The molecule has 0 saturated carbocycles. The molecule has 0 aliphatic carbocycles. The number of rotatable bonds is 4. The summed E-state index contributed by atoms with van der Waals surface area (Å²) >= 11 is 0. The molecule has 3 nitrogen and oxygen atoms in total. The molecule has 0 radical (unpaired) electrons. The van der Waals surface area contributed by atoms with E-state index in [0.29, 0.717) is 0 Å². The van der Waals surface area contributed by atoms with Crippen LogP contribution in [0, 0.1) is 0 Å². The van der Waals surface area contributed by atoms with Crippen molar-refractivity contribution in [1.82, 2.24) is 0 Å². The molecule has 0 fully saturated rings. The van der Waals surface area contributed by atoms with Crippen molar-refractivity contribution in [3.8, 4) is 0 Å². The molecular formula is C6H10F3NO2. The second kappa shape index (κ2) is 4.97. The van der Waals surface area contributed by atoms with Gasteiger partial charge in [-0.2, -0.15) is 0 Å². The van der Waals surface area contributed by atoms with Crippen molar-refractivity contribution in [3.05, 3.63) is 0 Å². The van der Waals surface area contributed by atoms with E-state index in [9.17, 15) is 18.0 Å². The van der Waals surface area contributed by atoms with E-state index in [1.165, 1.54) is 0 Å². The third-order valence-corrected chi connectivity index (χ3v) is 1.11. The van der Waals surface area contributed by atoms with Crippen molar-refractivity contribution < 1.29 is 22.7 Å². The first-order valence-corrected chi connectivity index (χ1v) is 3.26. The number of alkyl halides is 3. The van der Waals surface area contributed by atoms with Crippen LogP contribution >= 0.6 is 0 Å². The molecule has 0 saturated heterocycles. The van der Waals surface area contributed by atoms with E-state index in [2.05, 4.69) is 4.74 Å². The van der Waals surface area contributed by atoms with Gasteiger partial charge >= 0.3 is 5.97 Å². The molecule has 0 rings (SSSR count). The van der Waals surface area contributed by atoms with Crippen molar-refractivity contribution in [2.24, 2.45) is 5.73 Å². The SMILES string of the molecule is CC(=O)OC(N)C(F)C(F)CF. The van der Waals surface area contributed by atoms with Gasteiger partial charge in [0.25, 0.3) is 0 Å². The van der Waals surface area contributed by atoms with Crippen molar-refractivity contribution in [1.29, 1.82) is 0 Å². The van der Waals surface area contributed by atoms with Crippen molar-refractivity contribution in [2.75, 3.05) is 6.67 Å². The van der Waals surface area contributed by atoms with Crippen molar-refractivity contribution in [2.45, 2.75) is 25.5 Å². The second-order valence-electron chi connectivity index (χ2n) is 2.19.